The zero-order valence-corrected chi connectivity index (χ0v) is 14.9. The second-order valence-electron chi connectivity index (χ2n) is 5.76. The number of sulfone groups is 1. The smallest absolute Gasteiger partial charge is 0.269 e. The third kappa shape index (κ3) is 3.70. The van der Waals surface area contributed by atoms with Crippen LogP contribution in [0.25, 0.3) is 16.9 Å². The number of non-ortho nitro benzene ring substituents is 1. The van der Waals surface area contributed by atoms with Crippen molar-refractivity contribution in [3.63, 3.8) is 0 Å². The molecular weight excluding hydrogens is 372 g/mol. The van der Waals surface area contributed by atoms with Gasteiger partial charge in [-0.25, -0.2) is 13.1 Å². The van der Waals surface area contributed by atoms with E-state index in [0.717, 1.165) is 6.26 Å². The van der Waals surface area contributed by atoms with Crippen molar-refractivity contribution in [2.75, 3.05) is 6.26 Å². The summed E-state index contributed by atoms with van der Waals surface area (Å²) in [6.07, 6.45) is 1.11. The van der Waals surface area contributed by atoms with Crippen LogP contribution in [0.3, 0.4) is 0 Å². The molecule has 3 aromatic rings. The van der Waals surface area contributed by atoms with E-state index in [0.29, 0.717) is 16.9 Å². The van der Waals surface area contributed by atoms with Crippen LogP contribution in [0.5, 0.6) is 0 Å². The molecule has 9 nitrogen and oxygen atoms in total. The second-order valence-corrected chi connectivity index (χ2v) is 7.78. The van der Waals surface area contributed by atoms with Crippen molar-refractivity contribution in [2.45, 2.75) is 4.90 Å². The fourth-order valence-corrected chi connectivity index (χ4v) is 3.12. The van der Waals surface area contributed by atoms with Gasteiger partial charge in [-0.1, -0.05) is 12.1 Å². The van der Waals surface area contributed by atoms with Crippen LogP contribution >= 0.6 is 0 Å². The Morgan fingerprint density at radius 3 is 2.19 bits per heavy atom. The van der Waals surface area contributed by atoms with Crippen molar-refractivity contribution in [2.24, 2.45) is 5.73 Å². The zero-order valence-electron chi connectivity index (χ0n) is 14.1. The summed E-state index contributed by atoms with van der Waals surface area (Å²) in [6, 6.07) is 13.1. The van der Waals surface area contributed by atoms with Crippen LogP contribution in [0.4, 0.5) is 5.69 Å². The van der Waals surface area contributed by atoms with E-state index in [2.05, 4.69) is 5.10 Å². The average molecular weight is 386 g/mol. The SMILES string of the molecule is CS(=O)(=O)c1ccc(-c2cc(C(N)=O)nn2-c2ccc([N+](=O)[O-])cc2)cc1. The highest BCUT2D eigenvalue weighted by Crippen LogP contribution is 2.26. The van der Waals surface area contributed by atoms with Crippen molar-refractivity contribution in [3.8, 4) is 16.9 Å². The van der Waals surface area contributed by atoms with Crippen molar-refractivity contribution in [1.82, 2.24) is 9.78 Å². The molecule has 0 spiro atoms. The number of aromatic nitrogens is 2. The van der Waals surface area contributed by atoms with E-state index in [1.54, 1.807) is 12.1 Å². The van der Waals surface area contributed by atoms with Gasteiger partial charge in [0.25, 0.3) is 11.6 Å². The molecule has 0 unspecified atom stereocenters. The van der Waals surface area contributed by atoms with Crippen LogP contribution < -0.4 is 5.73 Å². The number of nitrogens with two attached hydrogens (primary N) is 1. The largest absolute Gasteiger partial charge is 0.364 e. The van der Waals surface area contributed by atoms with Crippen LogP contribution in [0, 0.1) is 10.1 Å². The summed E-state index contributed by atoms with van der Waals surface area (Å²) in [6.45, 7) is 0. The summed E-state index contributed by atoms with van der Waals surface area (Å²) in [5.74, 6) is -0.732. The van der Waals surface area contributed by atoms with Gasteiger partial charge in [0.1, 0.15) is 0 Å². The number of amides is 1. The Kier molecular flexibility index (Phi) is 4.50. The molecule has 10 heteroatoms. The van der Waals surface area contributed by atoms with E-state index in [4.69, 9.17) is 5.73 Å². The van der Waals surface area contributed by atoms with E-state index < -0.39 is 20.7 Å². The van der Waals surface area contributed by atoms with Gasteiger partial charge in [0.15, 0.2) is 15.5 Å². The summed E-state index contributed by atoms with van der Waals surface area (Å²) in [5, 5.41) is 15.0. The lowest BCUT2D eigenvalue weighted by atomic mass is 10.1. The maximum Gasteiger partial charge on any atom is 0.269 e. The van der Waals surface area contributed by atoms with E-state index >= 15 is 0 Å². The Bertz CT molecular complexity index is 1130. The topological polar surface area (TPSA) is 138 Å². The molecule has 0 saturated heterocycles. The minimum Gasteiger partial charge on any atom is -0.364 e. The van der Waals surface area contributed by atoms with Crippen LogP contribution in [0.1, 0.15) is 10.5 Å². The fourth-order valence-electron chi connectivity index (χ4n) is 2.49. The predicted octanol–water partition coefficient (Wildman–Crippen LogP) is 1.95. The summed E-state index contributed by atoms with van der Waals surface area (Å²) >= 11 is 0. The lowest BCUT2D eigenvalue weighted by molar-refractivity contribution is -0.384. The Morgan fingerprint density at radius 2 is 1.70 bits per heavy atom. The molecule has 3 rings (SSSR count). The first-order valence-electron chi connectivity index (χ1n) is 7.62. The quantitative estimate of drug-likeness (QED) is 0.525. The van der Waals surface area contributed by atoms with Crippen LogP contribution in [0.2, 0.25) is 0 Å². The summed E-state index contributed by atoms with van der Waals surface area (Å²) in [7, 11) is -3.35. The molecule has 0 fully saturated rings. The van der Waals surface area contributed by atoms with Crippen molar-refractivity contribution in [3.05, 3.63) is 70.4 Å². The van der Waals surface area contributed by atoms with Crippen molar-refractivity contribution >= 4 is 21.4 Å². The second kappa shape index (κ2) is 6.65. The number of hydrogen-bond acceptors (Lipinski definition) is 6. The van der Waals surface area contributed by atoms with Gasteiger partial charge in [-0.05, 0) is 30.3 Å². The van der Waals surface area contributed by atoms with Gasteiger partial charge >= 0.3 is 0 Å². The number of carbonyl (C=O) groups is 1. The summed E-state index contributed by atoms with van der Waals surface area (Å²) in [5.41, 5.74) is 6.80. The molecule has 0 atom stereocenters. The highest BCUT2D eigenvalue weighted by Gasteiger charge is 2.16. The molecule has 1 aromatic heterocycles. The molecular formula is C17H14N4O5S. The first kappa shape index (κ1) is 18.3. The normalized spacial score (nSPS) is 11.3. The summed E-state index contributed by atoms with van der Waals surface area (Å²) < 4.78 is 24.6. The molecule has 2 aromatic carbocycles. The Balaban J connectivity index is 2.12. The Labute approximate surface area is 154 Å². The van der Waals surface area contributed by atoms with E-state index in [1.165, 1.54) is 47.1 Å². The lowest BCUT2D eigenvalue weighted by Crippen LogP contribution is -2.12. The van der Waals surface area contributed by atoms with Gasteiger partial charge < -0.3 is 5.73 Å². The number of nitro groups is 1. The standard InChI is InChI=1S/C17H14N4O5S/c1-27(25,26)14-8-2-11(3-9-14)16-10-15(17(18)22)19-20(16)12-4-6-13(7-5-12)21(23)24/h2-10H,1H3,(H2,18,22). The van der Waals surface area contributed by atoms with E-state index in [1.807, 2.05) is 0 Å². The minimum atomic E-state index is -3.35. The van der Waals surface area contributed by atoms with Gasteiger partial charge in [-0.15, -0.1) is 0 Å². The number of benzene rings is 2. The Hall–Kier alpha value is -3.53. The van der Waals surface area contributed by atoms with Crippen LogP contribution in [0.15, 0.2) is 59.5 Å². The number of nitro benzene ring substituents is 1. The number of nitrogens with zero attached hydrogens (tertiary/aromatic N) is 3. The molecule has 0 saturated carbocycles. The molecule has 0 radical (unpaired) electrons. The molecule has 0 bridgehead atoms. The minimum absolute atomic E-state index is 0.00976. The first-order chi connectivity index (χ1) is 12.7. The lowest BCUT2D eigenvalue weighted by Gasteiger charge is -2.08. The van der Waals surface area contributed by atoms with Crippen LogP contribution in [-0.2, 0) is 9.84 Å². The molecule has 138 valence electrons. The van der Waals surface area contributed by atoms with Gasteiger partial charge in [-0.2, -0.15) is 5.10 Å². The molecule has 1 amide bonds. The van der Waals surface area contributed by atoms with Gasteiger partial charge in [0.05, 0.1) is 21.2 Å². The molecule has 1 heterocycles. The number of hydrogen-bond donors (Lipinski definition) is 1. The third-order valence-corrected chi connectivity index (χ3v) is 4.97. The van der Waals surface area contributed by atoms with Crippen LogP contribution in [-0.4, -0.2) is 35.3 Å². The van der Waals surface area contributed by atoms with Crippen molar-refractivity contribution in [1.29, 1.82) is 0 Å². The monoisotopic (exact) mass is 386 g/mol. The molecule has 2 N–H and O–H groups in total. The summed E-state index contributed by atoms with van der Waals surface area (Å²) in [4.78, 5) is 22.0. The third-order valence-electron chi connectivity index (χ3n) is 3.85. The van der Waals surface area contributed by atoms with E-state index in [-0.39, 0.29) is 16.3 Å². The Morgan fingerprint density at radius 1 is 1.11 bits per heavy atom. The first-order valence-corrected chi connectivity index (χ1v) is 9.51. The number of rotatable bonds is 5. The number of primary amides is 1. The van der Waals surface area contributed by atoms with E-state index in [9.17, 15) is 23.3 Å². The molecule has 27 heavy (non-hydrogen) atoms. The van der Waals surface area contributed by atoms with Crippen molar-refractivity contribution < 1.29 is 18.1 Å². The van der Waals surface area contributed by atoms with Gasteiger partial charge in [0, 0.05) is 24.0 Å². The maximum absolute atomic E-state index is 11.6. The predicted molar refractivity (Wildman–Crippen MR) is 97.3 cm³/mol. The average Bonchev–Trinajstić information content (AvgIpc) is 3.07. The van der Waals surface area contributed by atoms with Gasteiger partial charge in [-0.3, -0.25) is 14.9 Å². The number of carbonyl (C=O) groups excluding carboxylic acids is 1. The van der Waals surface area contributed by atoms with Gasteiger partial charge in [0.2, 0.25) is 0 Å². The highest BCUT2D eigenvalue weighted by atomic mass is 32.2. The zero-order chi connectivity index (χ0) is 19.8. The molecule has 0 aliphatic heterocycles. The molecule has 0 aliphatic carbocycles. The highest BCUT2D eigenvalue weighted by molar-refractivity contribution is 7.90. The maximum atomic E-state index is 11.6. The molecule has 0 aliphatic rings. The fraction of sp³-hybridized carbons (Fsp3) is 0.0588.